The molecule has 0 spiro atoms. The highest BCUT2D eigenvalue weighted by Gasteiger charge is 2.34. The van der Waals surface area contributed by atoms with E-state index in [-0.39, 0.29) is 17.6 Å². The summed E-state index contributed by atoms with van der Waals surface area (Å²) in [7, 11) is 0. The van der Waals surface area contributed by atoms with E-state index < -0.39 is 0 Å². The first kappa shape index (κ1) is 15.5. The van der Waals surface area contributed by atoms with Gasteiger partial charge in [0.25, 0.3) is 0 Å². The van der Waals surface area contributed by atoms with Gasteiger partial charge in [0.05, 0.1) is 18.1 Å². The first-order valence-corrected chi connectivity index (χ1v) is 8.09. The van der Waals surface area contributed by atoms with E-state index in [1.807, 2.05) is 43.0 Å². The van der Waals surface area contributed by atoms with E-state index in [0.717, 1.165) is 10.9 Å². The maximum absolute atomic E-state index is 12.5. The van der Waals surface area contributed by atoms with Gasteiger partial charge in [-0.3, -0.25) is 4.79 Å². The summed E-state index contributed by atoms with van der Waals surface area (Å²) in [6, 6.07) is 8.15. The lowest BCUT2D eigenvalue weighted by molar-refractivity contribution is -0.156. The normalized spacial score (nSPS) is 21.8. The third-order valence-electron chi connectivity index (χ3n) is 3.48. The molecule has 1 fully saturated rings. The molecule has 1 aliphatic heterocycles. The Hall–Kier alpha value is -0.870. The van der Waals surface area contributed by atoms with E-state index in [9.17, 15) is 4.79 Å². The van der Waals surface area contributed by atoms with E-state index in [0.29, 0.717) is 19.5 Å². The predicted octanol–water partition coefficient (Wildman–Crippen LogP) is 2.94. The molecule has 0 aliphatic carbocycles. The number of benzene rings is 1. The second-order valence-corrected chi connectivity index (χ2v) is 6.74. The number of aryl methyl sites for hydroxylation is 1. The van der Waals surface area contributed by atoms with Gasteiger partial charge in [0.1, 0.15) is 0 Å². The summed E-state index contributed by atoms with van der Waals surface area (Å²) in [6.45, 7) is 7.44. The van der Waals surface area contributed by atoms with Gasteiger partial charge in [0.15, 0.2) is 0 Å². The first-order valence-electron chi connectivity index (χ1n) is 6.97. The van der Waals surface area contributed by atoms with Crippen LogP contribution in [0.1, 0.15) is 25.0 Å². The molecular weight excluding hydrogens is 318 g/mol. The van der Waals surface area contributed by atoms with Gasteiger partial charge in [-0.2, -0.15) is 0 Å². The summed E-state index contributed by atoms with van der Waals surface area (Å²) >= 11 is 3.45. The molecule has 0 radical (unpaired) electrons. The van der Waals surface area contributed by atoms with Crippen LogP contribution < -0.4 is 0 Å². The highest BCUT2D eigenvalue weighted by Crippen LogP contribution is 2.22. The third kappa shape index (κ3) is 4.06. The lowest BCUT2D eigenvalue weighted by Gasteiger charge is -2.42. The smallest absolute Gasteiger partial charge is 0.227 e. The van der Waals surface area contributed by atoms with Crippen molar-refractivity contribution in [3.8, 4) is 0 Å². The standard InChI is InChI=1S/C16H22BrNO2/c1-12-4-6-13(7-5-12)8-15(19)18-10-14(9-17)20-16(2,3)11-18/h4-7,14H,8-11H2,1-3H3. The Balaban J connectivity index is 2.02. The zero-order valence-corrected chi connectivity index (χ0v) is 13.9. The number of morpholine rings is 1. The van der Waals surface area contributed by atoms with Crippen molar-refractivity contribution in [3.05, 3.63) is 35.4 Å². The molecule has 0 saturated carbocycles. The van der Waals surface area contributed by atoms with Crippen LogP contribution in [0.2, 0.25) is 0 Å². The molecule has 1 heterocycles. The molecule has 4 heteroatoms. The molecular formula is C16H22BrNO2. The lowest BCUT2D eigenvalue weighted by Crippen LogP contribution is -2.55. The molecule has 0 N–H and O–H groups in total. The van der Waals surface area contributed by atoms with Gasteiger partial charge in [0, 0.05) is 18.4 Å². The van der Waals surface area contributed by atoms with Gasteiger partial charge in [-0.25, -0.2) is 0 Å². The Morgan fingerprint density at radius 1 is 1.40 bits per heavy atom. The Bertz CT molecular complexity index is 470. The molecule has 0 aromatic heterocycles. The summed E-state index contributed by atoms with van der Waals surface area (Å²) < 4.78 is 5.93. The SMILES string of the molecule is Cc1ccc(CC(=O)N2CC(CBr)OC(C)(C)C2)cc1. The average molecular weight is 340 g/mol. The fraction of sp³-hybridized carbons (Fsp3) is 0.562. The molecule has 20 heavy (non-hydrogen) atoms. The summed E-state index contributed by atoms with van der Waals surface area (Å²) in [4.78, 5) is 14.4. The average Bonchev–Trinajstić information content (AvgIpc) is 2.39. The zero-order valence-electron chi connectivity index (χ0n) is 12.4. The van der Waals surface area contributed by atoms with Crippen molar-refractivity contribution in [3.63, 3.8) is 0 Å². The maximum atomic E-state index is 12.5. The van der Waals surface area contributed by atoms with E-state index in [1.54, 1.807) is 0 Å². The topological polar surface area (TPSA) is 29.5 Å². The molecule has 1 unspecified atom stereocenters. The minimum atomic E-state index is -0.278. The van der Waals surface area contributed by atoms with Crippen LogP contribution in [0, 0.1) is 6.92 Å². The summed E-state index contributed by atoms with van der Waals surface area (Å²) in [5, 5.41) is 0.755. The number of carbonyl (C=O) groups is 1. The number of ether oxygens (including phenoxy) is 1. The molecule has 3 nitrogen and oxygen atoms in total. The number of rotatable bonds is 3. The van der Waals surface area contributed by atoms with Crippen LogP contribution in [-0.2, 0) is 16.0 Å². The van der Waals surface area contributed by atoms with E-state index in [2.05, 4.69) is 22.9 Å². The van der Waals surface area contributed by atoms with Crippen molar-refractivity contribution in [2.75, 3.05) is 18.4 Å². The number of carbonyl (C=O) groups excluding carboxylic acids is 1. The first-order chi connectivity index (χ1) is 9.39. The number of hydrogen-bond acceptors (Lipinski definition) is 2. The quantitative estimate of drug-likeness (QED) is 0.792. The minimum Gasteiger partial charge on any atom is -0.368 e. The van der Waals surface area contributed by atoms with Crippen LogP contribution in [0.3, 0.4) is 0 Å². The number of halogens is 1. The third-order valence-corrected chi connectivity index (χ3v) is 4.20. The number of amides is 1. The Morgan fingerprint density at radius 2 is 2.05 bits per heavy atom. The monoisotopic (exact) mass is 339 g/mol. The summed E-state index contributed by atoms with van der Waals surface area (Å²) in [6.07, 6.45) is 0.534. The van der Waals surface area contributed by atoms with E-state index >= 15 is 0 Å². The molecule has 1 aromatic rings. The van der Waals surface area contributed by atoms with Crippen LogP contribution in [0.15, 0.2) is 24.3 Å². The molecule has 2 rings (SSSR count). The van der Waals surface area contributed by atoms with Gasteiger partial charge >= 0.3 is 0 Å². The van der Waals surface area contributed by atoms with E-state index in [1.165, 1.54) is 5.56 Å². The van der Waals surface area contributed by atoms with Crippen molar-refractivity contribution in [1.82, 2.24) is 4.90 Å². The maximum Gasteiger partial charge on any atom is 0.227 e. The van der Waals surface area contributed by atoms with Crippen LogP contribution in [0.5, 0.6) is 0 Å². The lowest BCUT2D eigenvalue weighted by atomic mass is 10.0. The van der Waals surface area contributed by atoms with E-state index in [4.69, 9.17) is 4.74 Å². The number of nitrogens with zero attached hydrogens (tertiary/aromatic N) is 1. The Kier molecular flexibility index (Phi) is 4.86. The fourth-order valence-electron chi connectivity index (χ4n) is 2.56. The van der Waals surface area contributed by atoms with Gasteiger partial charge in [-0.1, -0.05) is 45.8 Å². The molecule has 1 aliphatic rings. The predicted molar refractivity (Wildman–Crippen MR) is 84.2 cm³/mol. The van der Waals surface area contributed by atoms with Crippen LogP contribution >= 0.6 is 15.9 Å². The van der Waals surface area contributed by atoms with Crippen molar-refractivity contribution in [2.45, 2.75) is 38.9 Å². The highest BCUT2D eigenvalue weighted by atomic mass is 79.9. The molecule has 1 aromatic carbocycles. The zero-order chi connectivity index (χ0) is 14.8. The number of hydrogen-bond donors (Lipinski definition) is 0. The molecule has 0 bridgehead atoms. The molecule has 1 amide bonds. The summed E-state index contributed by atoms with van der Waals surface area (Å²) in [5.41, 5.74) is 2.01. The van der Waals surface area contributed by atoms with Crippen LogP contribution in [0.25, 0.3) is 0 Å². The van der Waals surface area contributed by atoms with Crippen molar-refractivity contribution < 1.29 is 9.53 Å². The van der Waals surface area contributed by atoms with Gasteiger partial charge in [0.2, 0.25) is 5.91 Å². The van der Waals surface area contributed by atoms with Gasteiger partial charge < -0.3 is 9.64 Å². The van der Waals surface area contributed by atoms with Crippen LogP contribution in [-0.4, -0.2) is 40.9 Å². The van der Waals surface area contributed by atoms with Gasteiger partial charge in [-0.15, -0.1) is 0 Å². The second kappa shape index (κ2) is 6.27. The highest BCUT2D eigenvalue weighted by molar-refractivity contribution is 9.09. The van der Waals surface area contributed by atoms with Crippen molar-refractivity contribution in [2.24, 2.45) is 0 Å². The van der Waals surface area contributed by atoms with Crippen LogP contribution in [0.4, 0.5) is 0 Å². The fourth-order valence-corrected chi connectivity index (χ4v) is 2.90. The van der Waals surface area contributed by atoms with Gasteiger partial charge in [-0.05, 0) is 26.3 Å². The Labute approximate surface area is 129 Å². The minimum absolute atomic E-state index is 0.0701. The molecule has 1 atom stereocenters. The Morgan fingerprint density at radius 3 is 2.65 bits per heavy atom. The largest absolute Gasteiger partial charge is 0.368 e. The summed E-state index contributed by atoms with van der Waals surface area (Å²) in [5.74, 6) is 0.177. The second-order valence-electron chi connectivity index (χ2n) is 6.09. The van der Waals surface area contributed by atoms with Crippen molar-refractivity contribution >= 4 is 21.8 Å². The molecule has 110 valence electrons. The number of alkyl halides is 1. The van der Waals surface area contributed by atoms with Crippen molar-refractivity contribution in [1.29, 1.82) is 0 Å². The molecule has 1 saturated heterocycles.